The van der Waals surface area contributed by atoms with Gasteiger partial charge in [0.2, 0.25) is 0 Å². The van der Waals surface area contributed by atoms with Gasteiger partial charge in [0.15, 0.2) is 0 Å². The SMILES string of the molecule is COc1ccc(OC)c(N(C)C2CCC(N)CC2)c1. The summed E-state index contributed by atoms with van der Waals surface area (Å²) in [5.74, 6) is 1.74. The molecular weight excluding hydrogens is 240 g/mol. The van der Waals surface area contributed by atoms with Gasteiger partial charge in [0.1, 0.15) is 11.5 Å². The zero-order chi connectivity index (χ0) is 13.8. The van der Waals surface area contributed by atoms with E-state index in [1.165, 1.54) is 0 Å². The van der Waals surface area contributed by atoms with Gasteiger partial charge >= 0.3 is 0 Å². The van der Waals surface area contributed by atoms with Crippen LogP contribution in [0, 0.1) is 0 Å². The minimum atomic E-state index is 0.372. The standard InChI is InChI=1S/C15H24N2O2/c1-17(12-6-4-11(16)5-7-12)14-10-13(18-2)8-9-15(14)19-3/h8-12H,4-7,16H2,1-3H3. The summed E-state index contributed by atoms with van der Waals surface area (Å²) in [6.45, 7) is 0. The lowest BCUT2D eigenvalue weighted by Gasteiger charge is -2.35. The van der Waals surface area contributed by atoms with E-state index in [1.807, 2.05) is 18.2 Å². The summed E-state index contributed by atoms with van der Waals surface area (Å²) in [4.78, 5) is 2.30. The van der Waals surface area contributed by atoms with Crippen LogP contribution in [0.5, 0.6) is 11.5 Å². The van der Waals surface area contributed by atoms with Crippen LogP contribution in [0.2, 0.25) is 0 Å². The van der Waals surface area contributed by atoms with Crippen molar-refractivity contribution in [2.45, 2.75) is 37.8 Å². The summed E-state index contributed by atoms with van der Waals surface area (Å²) >= 11 is 0. The molecule has 1 aromatic rings. The van der Waals surface area contributed by atoms with E-state index in [1.54, 1.807) is 14.2 Å². The molecule has 1 aliphatic carbocycles. The fraction of sp³-hybridized carbons (Fsp3) is 0.600. The molecular formula is C15H24N2O2. The average Bonchev–Trinajstić information content (AvgIpc) is 2.46. The van der Waals surface area contributed by atoms with Crippen LogP contribution in [-0.2, 0) is 0 Å². The molecule has 4 heteroatoms. The second kappa shape index (κ2) is 6.15. The van der Waals surface area contributed by atoms with Crippen LogP contribution < -0.4 is 20.1 Å². The van der Waals surface area contributed by atoms with Gasteiger partial charge in [-0.05, 0) is 37.8 Å². The Morgan fingerprint density at radius 3 is 2.37 bits per heavy atom. The first-order valence-corrected chi connectivity index (χ1v) is 6.86. The van der Waals surface area contributed by atoms with E-state index in [4.69, 9.17) is 15.2 Å². The average molecular weight is 264 g/mol. The number of hydrogen-bond acceptors (Lipinski definition) is 4. The van der Waals surface area contributed by atoms with Crippen LogP contribution in [0.3, 0.4) is 0 Å². The van der Waals surface area contributed by atoms with Gasteiger partial charge in [0.25, 0.3) is 0 Å². The van der Waals surface area contributed by atoms with Crippen molar-refractivity contribution in [3.05, 3.63) is 18.2 Å². The van der Waals surface area contributed by atoms with Crippen LogP contribution >= 0.6 is 0 Å². The number of rotatable bonds is 4. The van der Waals surface area contributed by atoms with Gasteiger partial charge in [-0.3, -0.25) is 0 Å². The number of anilines is 1. The van der Waals surface area contributed by atoms with E-state index >= 15 is 0 Å². The number of benzene rings is 1. The number of hydrogen-bond donors (Lipinski definition) is 1. The van der Waals surface area contributed by atoms with Gasteiger partial charge in [-0.2, -0.15) is 0 Å². The molecule has 0 aromatic heterocycles. The van der Waals surface area contributed by atoms with Crippen molar-refractivity contribution < 1.29 is 9.47 Å². The zero-order valence-corrected chi connectivity index (χ0v) is 12.1. The molecule has 1 fully saturated rings. The lowest BCUT2D eigenvalue weighted by atomic mass is 9.90. The molecule has 1 aromatic carbocycles. The number of nitrogens with two attached hydrogens (primary N) is 1. The largest absolute Gasteiger partial charge is 0.497 e. The second-order valence-electron chi connectivity index (χ2n) is 5.22. The van der Waals surface area contributed by atoms with E-state index in [2.05, 4.69) is 11.9 Å². The van der Waals surface area contributed by atoms with Crippen molar-refractivity contribution in [1.29, 1.82) is 0 Å². The Hall–Kier alpha value is -1.42. The molecule has 1 aliphatic rings. The number of ether oxygens (including phenoxy) is 2. The van der Waals surface area contributed by atoms with Gasteiger partial charge in [-0.15, -0.1) is 0 Å². The van der Waals surface area contributed by atoms with Crippen molar-refractivity contribution >= 4 is 5.69 Å². The van der Waals surface area contributed by atoms with Gasteiger partial charge in [-0.1, -0.05) is 0 Å². The van der Waals surface area contributed by atoms with E-state index in [9.17, 15) is 0 Å². The predicted molar refractivity (Wildman–Crippen MR) is 78.2 cm³/mol. The lowest BCUT2D eigenvalue weighted by molar-refractivity contribution is 0.375. The van der Waals surface area contributed by atoms with E-state index < -0.39 is 0 Å². The van der Waals surface area contributed by atoms with E-state index in [0.29, 0.717) is 12.1 Å². The molecule has 0 bridgehead atoms. The van der Waals surface area contributed by atoms with Crippen molar-refractivity contribution in [2.24, 2.45) is 5.73 Å². The summed E-state index contributed by atoms with van der Waals surface area (Å²) in [5, 5.41) is 0. The topological polar surface area (TPSA) is 47.7 Å². The third-order valence-corrected chi connectivity index (χ3v) is 4.06. The molecule has 106 valence electrons. The Bertz CT molecular complexity index is 415. The summed E-state index contributed by atoms with van der Waals surface area (Å²) in [6, 6.07) is 6.82. The monoisotopic (exact) mass is 264 g/mol. The molecule has 4 nitrogen and oxygen atoms in total. The number of nitrogens with zero attached hydrogens (tertiary/aromatic N) is 1. The molecule has 1 saturated carbocycles. The van der Waals surface area contributed by atoms with Gasteiger partial charge in [0.05, 0.1) is 19.9 Å². The van der Waals surface area contributed by atoms with Gasteiger partial charge in [-0.25, -0.2) is 0 Å². The van der Waals surface area contributed by atoms with E-state index in [0.717, 1.165) is 42.9 Å². The highest BCUT2D eigenvalue weighted by Crippen LogP contribution is 2.35. The summed E-state index contributed by atoms with van der Waals surface area (Å²) < 4.78 is 10.8. The van der Waals surface area contributed by atoms with Crippen molar-refractivity contribution in [3.63, 3.8) is 0 Å². The van der Waals surface area contributed by atoms with Crippen molar-refractivity contribution in [2.75, 3.05) is 26.2 Å². The molecule has 0 saturated heterocycles. The minimum absolute atomic E-state index is 0.372. The first-order chi connectivity index (χ1) is 9.15. The molecule has 2 rings (SSSR count). The van der Waals surface area contributed by atoms with Crippen LogP contribution in [0.15, 0.2) is 18.2 Å². The molecule has 0 unspecified atom stereocenters. The molecule has 0 heterocycles. The van der Waals surface area contributed by atoms with E-state index in [-0.39, 0.29) is 0 Å². The molecule has 0 amide bonds. The Morgan fingerprint density at radius 2 is 1.79 bits per heavy atom. The van der Waals surface area contributed by atoms with Crippen LogP contribution in [0.4, 0.5) is 5.69 Å². The first kappa shape index (κ1) is 14.0. The Kier molecular flexibility index (Phi) is 4.53. The highest BCUT2D eigenvalue weighted by atomic mass is 16.5. The Morgan fingerprint density at radius 1 is 1.11 bits per heavy atom. The Labute approximate surface area is 115 Å². The smallest absolute Gasteiger partial charge is 0.142 e. The quantitative estimate of drug-likeness (QED) is 0.907. The fourth-order valence-corrected chi connectivity index (χ4v) is 2.76. The Balaban J connectivity index is 2.19. The zero-order valence-electron chi connectivity index (χ0n) is 12.1. The van der Waals surface area contributed by atoms with Crippen molar-refractivity contribution in [1.82, 2.24) is 0 Å². The molecule has 2 N–H and O–H groups in total. The van der Waals surface area contributed by atoms with Crippen LogP contribution in [-0.4, -0.2) is 33.4 Å². The molecule has 0 atom stereocenters. The van der Waals surface area contributed by atoms with Crippen molar-refractivity contribution in [3.8, 4) is 11.5 Å². The highest BCUT2D eigenvalue weighted by Gasteiger charge is 2.24. The summed E-state index contributed by atoms with van der Waals surface area (Å²) in [6.07, 6.45) is 4.47. The minimum Gasteiger partial charge on any atom is -0.497 e. The molecule has 19 heavy (non-hydrogen) atoms. The first-order valence-electron chi connectivity index (χ1n) is 6.86. The van der Waals surface area contributed by atoms with Crippen LogP contribution in [0.25, 0.3) is 0 Å². The fourth-order valence-electron chi connectivity index (χ4n) is 2.76. The predicted octanol–water partition coefficient (Wildman–Crippen LogP) is 2.41. The lowest BCUT2D eigenvalue weighted by Crippen LogP contribution is -2.38. The maximum atomic E-state index is 5.97. The maximum absolute atomic E-state index is 5.97. The summed E-state index contributed by atoms with van der Waals surface area (Å²) in [7, 11) is 5.51. The highest BCUT2D eigenvalue weighted by molar-refractivity contribution is 5.61. The third-order valence-electron chi connectivity index (χ3n) is 4.06. The van der Waals surface area contributed by atoms with Gasteiger partial charge in [0, 0.05) is 25.2 Å². The normalized spacial score (nSPS) is 22.9. The number of methoxy groups -OCH3 is 2. The molecule has 0 radical (unpaired) electrons. The second-order valence-corrected chi connectivity index (χ2v) is 5.22. The van der Waals surface area contributed by atoms with Gasteiger partial charge < -0.3 is 20.1 Å². The van der Waals surface area contributed by atoms with Crippen LogP contribution in [0.1, 0.15) is 25.7 Å². The summed E-state index contributed by atoms with van der Waals surface area (Å²) in [5.41, 5.74) is 7.06. The molecule has 0 aliphatic heterocycles. The molecule has 0 spiro atoms. The maximum Gasteiger partial charge on any atom is 0.142 e. The third kappa shape index (κ3) is 3.13.